The zero-order valence-electron chi connectivity index (χ0n) is 24.7. The maximum Gasteiger partial charge on any atom is 0.416 e. The van der Waals surface area contributed by atoms with E-state index in [1.807, 2.05) is 6.07 Å². The van der Waals surface area contributed by atoms with E-state index in [9.17, 15) is 33.5 Å². The second-order valence-electron chi connectivity index (χ2n) is 11.7. The summed E-state index contributed by atoms with van der Waals surface area (Å²) in [5, 5.41) is 22.8. The maximum atomic E-state index is 15.2. The number of aromatic nitrogens is 1. The molecule has 1 aromatic heterocycles. The topological polar surface area (TPSA) is 136 Å². The molecule has 0 spiro atoms. The van der Waals surface area contributed by atoms with E-state index in [1.165, 1.54) is 50.4 Å². The fraction of sp³-hybridized carbons (Fsp3) is 0.344. The van der Waals surface area contributed by atoms with Crippen LogP contribution < -0.4 is 15.1 Å². The van der Waals surface area contributed by atoms with E-state index < -0.39 is 66.2 Å². The summed E-state index contributed by atoms with van der Waals surface area (Å²) < 4.78 is 47.9. The number of aliphatic hydroxyl groups is 1. The molecule has 0 radical (unpaired) electrons. The normalized spacial score (nSPS) is 18.5. The number of cyclic esters (lactones) is 1. The number of benzene rings is 2. The summed E-state index contributed by atoms with van der Waals surface area (Å²) in [5.41, 5.74) is -1.49. The molecule has 240 valence electrons. The number of nitriles is 1. The smallest absolute Gasteiger partial charge is 0.416 e. The van der Waals surface area contributed by atoms with Gasteiger partial charge in [-0.05, 0) is 55.8 Å². The molecule has 10 nitrogen and oxygen atoms in total. The van der Waals surface area contributed by atoms with E-state index in [0.717, 1.165) is 21.9 Å². The van der Waals surface area contributed by atoms with Gasteiger partial charge in [0.1, 0.15) is 23.7 Å². The number of hydrogen-bond acceptors (Lipinski definition) is 7. The minimum atomic E-state index is -2.97. The van der Waals surface area contributed by atoms with Gasteiger partial charge in [0.15, 0.2) is 0 Å². The molecule has 2 N–H and O–H groups in total. The first-order chi connectivity index (χ1) is 21.7. The van der Waals surface area contributed by atoms with Gasteiger partial charge in [0, 0.05) is 47.8 Å². The number of alkyl halides is 2. The van der Waals surface area contributed by atoms with Crippen LogP contribution in [0.15, 0.2) is 60.8 Å². The molecule has 2 fully saturated rings. The summed E-state index contributed by atoms with van der Waals surface area (Å²) in [6.07, 6.45) is -1.02. The minimum absolute atomic E-state index is 0.0433. The fourth-order valence-electron chi connectivity index (χ4n) is 5.46. The van der Waals surface area contributed by atoms with Gasteiger partial charge in [0.2, 0.25) is 5.91 Å². The van der Waals surface area contributed by atoms with Crippen molar-refractivity contribution >= 4 is 41.0 Å². The van der Waals surface area contributed by atoms with Gasteiger partial charge in [-0.1, -0.05) is 29.8 Å². The molecule has 2 aromatic carbocycles. The highest BCUT2D eigenvalue weighted by molar-refractivity contribution is 6.31. The predicted molar refractivity (Wildman–Crippen MR) is 161 cm³/mol. The molecule has 5 rings (SSSR count). The third-order valence-corrected chi connectivity index (χ3v) is 8.12. The van der Waals surface area contributed by atoms with Gasteiger partial charge in [-0.25, -0.2) is 27.8 Å². The monoisotopic (exact) mass is 655 g/mol. The first-order valence-corrected chi connectivity index (χ1v) is 14.7. The van der Waals surface area contributed by atoms with Crippen LogP contribution in [0.25, 0.3) is 0 Å². The zero-order chi connectivity index (χ0) is 33.4. The van der Waals surface area contributed by atoms with Crippen LogP contribution in [0.5, 0.6) is 0 Å². The Bertz CT molecular complexity index is 1720. The Hall–Kier alpha value is -4.67. The number of hydrogen-bond donors (Lipinski definition) is 2. The molecule has 0 bridgehead atoms. The van der Waals surface area contributed by atoms with Crippen LogP contribution in [0.4, 0.5) is 29.5 Å². The molecular weight excluding hydrogens is 627 g/mol. The minimum Gasteiger partial charge on any atom is -0.449 e. The highest BCUT2D eigenvalue weighted by Gasteiger charge is 2.48. The summed E-state index contributed by atoms with van der Waals surface area (Å²) >= 11 is 6.55. The van der Waals surface area contributed by atoms with E-state index in [-0.39, 0.29) is 46.2 Å². The van der Waals surface area contributed by atoms with Gasteiger partial charge in [-0.15, -0.1) is 0 Å². The number of carbonyl (C=O) groups is 3. The molecule has 1 unspecified atom stereocenters. The summed E-state index contributed by atoms with van der Waals surface area (Å²) in [7, 11) is 0. The molecule has 1 aliphatic heterocycles. The second kappa shape index (κ2) is 12.6. The van der Waals surface area contributed by atoms with Crippen molar-refractivity contribution in [1.29, 1.82) is 5.26 Å². The van der Waals surface area contributed by atoms with Gasteiger partial charge in [-0.2, -0.15) is 5.26 Å². The van der Waals surface area contributed by atoms with Crippen LogP contribution >= 0.6 is 11.6 Å². The number of nitrogens with one attached hydrogen (secondary N) is 1. The highest BCUT2D eigenvalue weighted by atomic mass is 35.5. The van der Waals surface area contributed by atoms with E-state index in [2.05, 4.69) is 10.3 Å². The van der Waals surface area contributed by atoms with E-state index in [0.29, 0.717) is 0 Å². The molecule has 2 atom stereocenters. The molecule has 1 saturated heterocycles. The molecule has 1 saturated carbocycles. The number of anilines is 2. The Kier molecular flexibility index (Phi) is 8.97. The molecule has 3 aromatic rings. The first-order valence-electron chi connectivity index (χ1n) is 14.3. The van der Waals surface area contributed by atoms with Crippen molar-refractivity contribution in [3.05, 3.63) is 88.3 Å². The largest absolute Gasteiger partial charge is 0.449 e. The molecule has 2 heterocycles. The number of rotatable bonds is 8. The fourth-order valence-corrected chi connectivity index (χ4v) is 5.70. The average molecular weight is 656 g/mol. The van der Waals surface area contributed by atoms with Crippen molar-refractivity contribution < 1.29 is 37.4 Å². The number of ether oxygens (including phenoxy) is 1. The van der Waals surface area contributed by atoms with Crippen molar-refractivity contribution in [2.75, 3.05) is 16.4 Å². The summed E-state index contributed by atoms with van der Waals surface area (Å²) in [6, 6.07) is 10.1. The number of amides is 3. The van der Waals surface area contributed by atoms with Crippen molar-refractivity contribution in [2.45, 2.75) is 62.8 Å². The lowest BCUT2D eigenvalue weighted by molar-refractivity contribution is -0.133. The van der Waals surface area contributed by atoms with Crippen molar-refractivity contribution in [3.8, 4) is 6.07 Å². The first kappa shape index (κ1) is 32.7. The number of carbonyl (C=O) groups excluding carboxylic acids is 3. The van der Waals surface area contributed by atoms with E-state index in [1.54, 1.807) is 12.1 Å². The van der Waals surface area contributed by atoms with Gasteiger partial charge < -0.3 is 15.2 Å². The van der Waals surface area contributed by atoms with Crippen molar-refractivity contribution in [2.24, 2.45) is 0 Å². The van der Waals surface area contributed by atoms with Gasteiger partial charge in [0.25, 0.3) is 11.8 Å². The second-order valence-corrected chi connectivity index (χ2v) is 12.1. The molecule has 46 heavy (non-hydrogen) atoms. The quantitative estimate of drug-likeness (QED) is 0.333. The standard InChI is InChI=1S/C32H29ClF3N5O5/c1-31(2,45)19-12-20(34)14-22(13-19)40(27(23-5-3-4-6-24(23)33)28(42)39-21-15-32(35,36)16-21)29(43)25-8-10-46-30(44)41(25)26-11-18(17-37)7-9-38-26/h3-7,9,11-14,21,25,27,45H,8,10,15-16H2,1-2H3,(H,39,42)/t25?,27-/m0/s1. The summed E-state index contributed by atoms with van der Waals surface area (Å²) in [5.74, 6) is -5.69. The third-order valence-electron chi connectivity index (χ3n) is 7.78. The lowest BCUT2D eigenvalue weighted by atomic mass is 9.87. The van der Waals surface area contributed by atoms with E-state index in [4.69, 9.17) is 16.3 Å². The van der Waals surface area contributed by atoms with Gasteiger partial charge in [0.05, 0.1) is 23.8 Å². The van der Waals surface area contributed by atoms with Crippen LogP contribution in [-0.2, 0) is 19.9 Å². The Morgan fingerprint density at radius 1 is 1.22 bits per heavy atom. The van der Waals surface area contributed by atoms with Crippen LogP contribution in [-0.4, -0.2) is 52.6 Å². The molecule has 14 heteroatoms. The predicted octanol–water partition coefficient (Wildman–Crippen LogP) is 5.38. The van der Waals surface area contributed by atoms with Gasteiger partial charge in [-0.3, -0.25) is 14.5 Å². The summed E-state index contributed by atoms with van der Waals surface area (Å²) in [4.78, 5) is 48.0. The van der Waals surface area contributed by atoms with E-state index >= 15 is 4.39 Å². The number of nitrogens with zero attached hydrogens (tertiary/aromatic N) is 4. The Balaban J connectivity index is 1.69. The van der Waals surface area contributed by atoms with Crippen molar-refractivity contribution in [1.82, 2.24) is 10.3 Å². The Labute approximate surface area is 267 Å². The van der Waals surface area contributed by atoms with Crippen LogP contribution in [0.2, 0.25) is 5.02 Å². The molecule has 2 aliphatic rings. The number of halogens is 4. The maximum absolute atomic E-state index is 15.2. The van der Waals surface area contributed by atoms with Crippen LogP contribution in [0, 0.1) is 17.1 Å². The number of pyridine rings is 1. The Morgan fingerprint density at radius 3 is 2.59 bits per heavy atom. The summed E-state index contributed by atoms with van der Waals surface area (Å²) in [6.45, 7) is 2.61. The van der Waals surface area contributed by atoms with Gasteiger partial charge >= 0.3 is 6.09 Å². The molecular formula is C32H29ClF3N5O5. The van der Waals surface area contributed by atoms with Crippen LogP contribution in [0.1, 0.15) is 55.8 Å². The molecule has 3 amide bonds. The van der Waals surface area contributed by atoms with Crippen molar-refractivity contribution in [3.63, 3.8) is 0 Å². The highest BCUT2D eigenvalue weighted by Crippen LogP contribution is 2.40. The average Bonchev–Trinajstić information content (AvgIpc) is 2.98. The third kappa shape index (κ3) is 6.78. The Morgan fingerprint density at radius 2 is 1.93 bits per heavy atom. The zero-order valence-corrected chi connectivity index (χ0v) is 25.5. The lowest BCUT2D eigenvalue weighted by Gasteiger charge is -2.41. The SMILES string of the molecule is CC(C)(O)c1cc(F)cc(N(C(=O)C2CCOC(=O)N2c2cc(C#N)ccn2)[C@H](C(=O)NC2CC(F)(F)C2)c2ccccc2Cl)c1. The van der Waals surface area contributed by atoms with Crippen LogP contribution in [0.3, 0.4) is 0 Å². The lowest BCUT2D eigenvalue weighted by Crippen LogP contribution is -2.58. The molecule has 1 aliphatic carbocycles.